The van der Waals surface area contributed by atoms with E-state index in [4.69, 9.17) is 0 Å². The van der Waals surface area contributed by atoms with Crippen LogP contribution in [0.3, 0.4) is 0 Å². The molecule has 0 saturated carbocycles. The molecule has 2 aromatic rings. The van der Waals surface area contributed by atoms with Gasteiger partial charge in [-0.25, -0.2) is 9.97 Å². The van der Waals surface area contributed by atoms with Crippen molar-refractivity contribution in [3.63, 3.8) is 0 Å². The fourth-order valence-electron chi connectivity index (χ4n) is 3.69. The Morgan fingerprint density at radius 3 is 2.25 bits per heavy atom. The first-order chi connectivity index (χ1) is 11.5. The average Bonchev–Trinajstić information content (AvgIpc) is 3.07. The molecule has 4 atom stereocenters. The summed E-state index contributed by atoms with van der Waals surface area (Å²) in [5.41, 5.74) is 2.41. The summed E-state index contributed by atoms with van der Waals surface area (Å²) in [5, 5.41) is 5.82. The minimum Gasteiger partial charge on any atom is -0.298 e. The highest BCUT2D eigenvalue weighted by molar-refractivity contribution is 6.06. The van der Waals surface area contributed by atoms with Crippen LogP contribution >= 0.6 is 0 Å². The maximum absolute atomic E-state index is 12.3. The fourth-order valence-corrected chi connectivity index (χ4v) is 3.69. The van der Waals surface area contributed by atoms with Gasteiger partial charge in [0.1, 0.15) is 5.82 Å². The van der Waals surface area contributed by atoms with E-state index in [1.165, 1.54) is 0 Å². The minimum absolute atomic E-state index is 0.264. The van der Waals surface area contributed by atoms with Crippen molar-refractivity contribution >= 4 is 11.8 Å². The molecule has 7 heteroatoms. The maximum Gasteiger partial charge on any atom is 0.232 e. The summed E-state index contributed by atoms with van der Waals surface area (Å²) in [6.45, 7) is 3.78. The summed E-state index contributed by atoms with van der Waals surface area (Å²) in [7, 11) is 0. The lowest BCUT2D eigenvalue weighted by atomic mass is 9.87. The van der Waals surface area contributed by atoms with E-state index < -0.39 is 17.9 Å². The van der Waals surface area contributed by atoms with Gasteiger partial charge in [0.05, 0.1) is 29.6 Å². The third-order valence-corrected chi connectivity index (χ3v) is 4.60. The van der Waals surface area contributed by atoms with Crippen LogP contribution in [0.1, 0.15) is 35.0 Å². The number of nitrogens with one attached hydrogen (secondary N) is 2. The number of rotatable bonds is 2. The smallest absolute Gasteiger partial charge is 0.232 e. The van der Waals surface area contributed by atoms with Crippen LogP contribution in [0.4, 0.5) is 0 Å². The second-order valence-electron chi connectivity index (χ2n) is 6.29. The number of carbonyl (C=O) groups is 2. The predicted octanol–water partition coefficient (Wildman–Crippen LogP) is 0.763. The number of fused-ring (bicyclic) bond motifs is 1. The lowest BCUT2D eigenvalue weighted by molar-refractivity contribution is -0.126. The largest absolute Gasteiger partial charge is 0.298 e. The number of nitrogens with zero attached hydrogens (tertiary/aromatic N) is 3. The Morgan fingerprint density at radius 1 is 0.958 bits per heavy atom. The monoisotopic (exact) mass is 323 g/mol. The van der Waals surface area contributed by atoms with Gasteiger partial charge in [0, 0.05) is 17.6 Å². The standard InChI is InChI=1S/C17H17N5O2/c1-8-7-9(2)20-15(19-8)14-12-11(16(23)22-17(12)24)13(21-14)10-5-3-4-6-18-10/h3-7,11-14,21H,1-2H3,(H,22,23,24)/t11-,12+,13-,14-/m1/s1. The van der Waals surface area contributed by atoms with Gasteiger partial charge in [0.25, 0.3) is 0 Å². The molecule has 4 rings (SSSR count). The number of aryl methyl sites for hydroxylation is 2. The fraction of sp³-hybridized carbons (Fsp3) is 0.353. The van der Waals surface area contributed by atoms with E-state index in [-0.39, 0.29) is 17.9 Å². The Morgan fingerprint density at radius 2 is 1.62 bits per heavy atom. The van der Waals surface area contributed by atoms with Gasteiger partial charge in [-0.05, 0) is 32.0 Å². The maximum atomic E-state index is 12.3. The Kier molecular flexibility index (Phi) is 3.38. The molecule has 2 aliphatic rings. The first kappa shape index (κ1) is 14.9. The molecule has 2 fully saturated rings. The quantitative estimate of drug-likeness (QED) is 0.792. The molecule has 0 aliphatic carbocycles. The number of aromatic nitrogens is 3. The van der Waals surface area contributed by atoms with Crippen LogP contribution in [0.5, 0.6) is 0 Å². The zero-order chi connectivity index (χ0) is 16.8. The summed E-state index contributed by atoms with van der Waals surface area (Å²) in [5.74, 6) is -1.01. The molecule has 0 spiro atoms. The summed E-state index contributed by atoms with van der Waals surface area (Å²) in [6, 6.07) is 6.68. The molecule has 24 heavy (non-hydrogen) atoms. The van der Waals surface area contributed by atoms with Crippen molar-refractivity contribution in [3.05, 3.63) is 53.4 Å². The molecule has 2 saturated heterocycles. The van der Waals surface area contributed by atoms with Gasteiger partial charge in [-0.15, -0.1) is 0 Å². The van der Waals surface area contributed by atoms with E-state index in [9.17, 15) is 9.59 Å². The second-order valence-corrected chi connectivity index (χ2v) is 6.29. The third kappa shape index (κ3) is 2.28. The third-order valence-electron chi connectivity index (χ3n) is 4.60. The first-order valence-electron chi connectivity index (χ1n) is 7.88. The van der Waals surface area contributed by atoms with Crippen molar-refractivity contribution in [2.45, 2.75) is 25.9 Å². The van der Waals surface area contributed by atoms with Crippen LogP contribution < -0.4 is 10.6 Å². The topological polar surface area (TPSA) is 96.9 Å². The molecule has 0 aromatic carbocycles. The van der Waals surface area contributed by atoms with E-state index in [0.717, 1.165) is 17.1 Å². The summed E-state index contributed by atoms with van der Waals surface area (Å²) in [6.07, 6.45) is 1.68. The lowest BCUT2D eigenvalue weighted by Crippen LogP contribution is -2.33. The molecule has 2 aliphatic heterocycles. The molecule has 0 bridgehead atoms. The highest BCUT2D eigenvalue weighted by atomic mass is 16.2. The van der Waals surface area contributed by atoms with Crippen LogP contribution in [0.2, 0.25) is 0 Å². The average molecular weight is 323 g/mol. The normalized spacial score (nSPS) is 28.8. The molecular formula is C17H17N5O2. The van der Waals surface area contributed by atoms with E-state index in [1.807, 2.05) is 38.1 Å². The van der Waals surface area contributed by atoms with Crippen molar-refractivity contribution in [1.29, 1.82) is 0 Å². The van der Waals surface area contributed by atoms with E-state index >= 15 is 0 Å². The molecule has 2 aromatic heterocycles. The summed E-state index contributed by atoms with van der Waals surface area (Å²) < 4.78 is 0. The number of imide groups is 1. The molecule has 7 nitrogen and oxygen atoms in total. The Hall–Kier alpha value is -2.67. The van der Waals surface area contributed by atoms with Crippen molar-refractivity contribution in [1.82, 2.24) is 25.6 Å². The van der Waals surface area contributed by atoms with E-state index in [0.29, 0.717) is 5.82 Å². The number of carbonyl (C=O) groups excluding carboxylic acids is 2. The lowest BCUT2D eigenvalue weighted by Gasteiger charge is -2.17. The molecule has 2 N–H and O–H groups in total. The zero-order valence-electron chi connectivity index (χ0n) is 13.4. The number of hydrogen-bond donors (Lipinski definition) is 2. The van der Waals surface area contributed by atoms with E-state index in [2.05, 4.69) is 25.6 Å². The van der Waals surface area contributed by atoms with Crippen molar-refractivity contribution in [2.24, 2.45) is 11.8 Å². The van der Waals surface area contributed by atoms with Crippen molar-refractivity contribution < 1.29 is 9.59 Å². The molecular weight excluding hydrogens is 306 g/mol. The zero-order valence-corrected chi connectivity index (χ0v) is 13.4. The van der Waals surface area contributed by atoms with Crippen LogP contribution in [-0.4, -0.2) is 26.8 Å². The van der Waals surface area contributed by atoms with Gasteiger partial charge in [-0.1, -0.05) is 6.07 Å². The van der Waals surface area contributed by atoms with Crippen LogP contribution in [-0.2, 0) is 9.59 Å². The number of pyridine rings is 1. The number of hydrogen-bond acceptors (Lipinski definition) is 6. The highest BCUT2D eigenvalue weighted by Crippen LogP contribution is 2.45. The van der Waals surface area contributed by atoms with E-state index in [1.54, 1.807) is 6.20 Å². The van der Waals surface area contributed by atoms with Gasteiger partial charge >= 0.3 is 0 Å². The minimum atomic E-state index is -0.522. The Balaban J connectivity index is 1.78. The highest BCUT2D eigenvalue weighted by Gasteiger charge is 2.57. The molecule has 2 amide bonds. The van der Waals surface area contributed by atoms with Gasteiger partial charge < -0.3 is 0 Å². The number of amides is 2. The Bertz CT molecular complexity index is 803. The SMILES string of the molecule is Cc1cc(C)nc([C@@H]2N[C@H](c3ccccn3)[C@@H]3C(=O)NC(=O)[C@@H]32)n1. The van der Waals surface area contributed by atoms with Crippen LogP contribution in [0.25, 0.3) is 0 Å². The predicted molar refractivity (Wildman–Crippen MR) is 84.5 cm³/mol. The van der Waals surface area contributed by atoms with Gasteiger partial charge in [-0.3, -0.25) is 25.2 Å². The summed E-state index contributed by atoms with van der Waals surface area (Å²) in [4.78, 5) is 38.0. The van der Waals surface area contributed by atoms with Crippen molar-refractivity contribution in [3.8, 4) is 0 Å². The van der Waals surface area contributed by atoms with Crippen LogP contribution in [0.15, 0.2) is 30.5 Å². The van der Waals surface area contributed by atoms with Gasteiger partial charge in [0.2, 0.25) is 11.8 Å². The summed E-state index contributed by atoms with van der Waals surface area (Å²) >= 11 is 0. The molecule has 122 valence electrons. The molecule has 0 unspecified atom stereocenters. The Labute approximate surface area is 138 Å². The van der Waals surface area contributed by atoms with Gasteiger partial charge in [-0.2, -0.15) is 0 Å². The molecule has 0 radical (unpaired) electrons. The first-order valence-corrected chi connectivity index (χ1v) is 7.88. The molecule has 4 heterocycles. The van der Waals surface area contributed by atoms with Crippen molar-refractivity contribution in [2.75, 3.05) is 0 Å². The van der Waals surface area contributed by atoms with Gasteiger partial charge in [0.15, 0.2) is 0 Å². The van der Waals surface area contributed by atoms with Crippen LogP contribution in [0, 0.1) is 25.7 Å². The second kappa shape index (κ2) is 5.45.